The molecule has 0 aliphatic rings. The third kappa shape index (κ3) is 3.72. The van der Waals surface area contributed by atoms with Crippen molar-refractivity contribution >= 4 is 40.0 Å². The Bertz CT molecular complexity index is 714. The smallest absolute Gasteiger partial charge is 0.255 e. The zero-order valence-corrected chi connectivity index (χ0v) is 13.5. The number of hydrogen-bond acceptors (Lipinski definition) is 3. The molecule has 108 valence electrons. The number of aryl methyl sites for hydroxylation is 1. The van der Waals surface area contributed by atoms with Crippen LogP contribution in [0.2, 0.25) is 0 Å². The van der Waals surface area contributed by atoms with E-state index in [1.807, 2.05) is 19.1 Å². The van der Waals surface area contributed by atoms with Crippen molar-refractivity contribution in [2.75, 3.05) is 5.32 Å². The van der Waals surface area contributed by atoms with Gasteiger partial charge >= 0.3 is 0 Å². The van der Waals surface area contributed by atoms with Crippen LogP contribution in [0.15, 0.2) is 47.6 Å². The lowest BCUT2D eigenvalue weighted by atomic mass is 10.1. The standard InChI is InChI=1S/C15H14IN3O2/c1-9-5-6-10(14(17)19-21)8-13(9)18-15(20)11-3-2-4-12(16)7-11/h2-8,21H,1H3,(H2,17,19)(H,18,20). The Balaban J connectivity index is 2.29. The zero-order chi connectivity index (χ0) is 15.4. The van der Waals surface area contributed by atoms with Crippen LogP contribution in [-0.4, -0.2) is 17.0 Å². The molecule has 5 nitrogen and oxygen atoms in total. The predicted octanol–water partition coefficient (Wildman–Crippen LogP) is 2.95. The highest BCUT2D eigenvalue weighted by Crippen LogP contribution is 2.18. The van der Waals surface area contributed by atoms with Crippen LogP contribution >= 0.6 is 22.6 Å². The van der Waals surface area contributed by atoms with Gasteiger partial charge in [0, 0.05) is 20.4 Å². The second-order valence-electron chi connectivity index (χ2n) is 4.48. The van der Waals surface area contributed by atoms with E-state index < -0.39 is 0 Å². The first-order valence-electron chi connectivity index (χ1n) is 6.16. The maximum Gasteiger partial charge on any atom is 0.255 e. The molecule has 0 aliphatic heterocycles. The van der Waals surface area contributed by atoms with Gasteiger partial charge in [-0.15, -0.1) is 0 Å². The SMILES string of the molecule is Cc1ccc(C(N)=NO)cc1NC(=O)c1cccc(I)c1. The van der Waals surface area contributed by atoms with Gasteiger partial charge in [0.2, 0.25) is 0 Å². The van der Waals surface area contributed by atoms with Crippen LogP contribution in [0.4, 0.5) is 5.69 Å². The highest BCUT2D eigenvalue weighted by atomic mass is 127. The van der Waals surface area contributed by atoms with Crippen LogP contribution in [0.25, 0.3) is 0 Å². The second-order valence-corrected chi connectivity index (χ2v) is 5.73. The summed E-state index contributed by atoms with van der Waals surface area (Å²) in [5.74, 6) is -0.201. The van der Waals surface area contributed by atoms with E-state index in [1.165, 1.54) is 0 Å². The molecule has 0 saturated carbocycles. The Labute approximate surface area is 136 Å². The van der Waals surface area contributed by atoms with Crippen molar-refractivity contribution in [1.29, 1.82) is 0 Å². The van der Waals surface area contributed by atoms with Crippen molar-refractivity contribution in [3.8, 4) is 0 Å². The van der Waals surface area contributed by atoms with Crippen LogP contribution in [0.5, 0.6) is 0 Å². The van der Waals surface area contributed by atoms with Crippen molar-refractivity contribution in [2.45, 2.75) is 6.92 Å². The molecule has 4 N–H and O–H groups in total. The summed E-state index contributed by atoms with van der Waals surface area (Å²) >= 11 is 2.16. The number of hydrogen-bond donors (Lipinski definition) is 3. The van der Waals surface area contributed by atoms with Crippen molar-refractivity contribution < 1.29 is 10.0 Å². The lowest BCUT2D eigenvalue weighted by Crippen LogP contribution is -2.16. The fourth-order valence-corrected chi connectivity index (χ4v) is 2.34. The van der Waals surface area contributed by atoms with Gasteiger partial charge in [-0.3, -0.25) is 4.79 Å². The fraction of sp³-hybridized carbons (Fsp3) is 0.0667. The zero-order valence-electron chi connectivity index (χ0n) is 11.3. The van der Waals surface area contributed by atoms with Crippen molar-refractivity contribution in [2.24, 2.45) is 10.9 Å². The fourth-order valence-electron chi connectivity index (χ4n) is 1.80. The average molecular weight is 395 g/mol. The summed E-state index contributed by atoms with van der Waals surface area (Å²) in [6, 6.07) is 12.5. The molecule has 2 aromatic rings. The summed E-state index contributed by atoms with van der Waals surface area (Å²) in [5.41, 5.74) is 8.20. The summed E-state index contributed by atoms with van der Waals surface area (Å²) in [4.78, 5) is 12.2. The van der Waals surface area contributed by atoms with E-state index in [4.69, 9.17) is 10.9 Å². The molecule has 0 spiro atoms. The van der Waals surface area contributed by atoms with Gasteiger partial charge in [0.1, 0.15) is 0 Å². The number of amides is 1. The van der Waals surface area contributed by atoms with E-state index in [1.54, 1.807) is 30.3 Å². The third-order valence-electron chi connectivity index (χ3n) is 2.98. The van der Waals surface area contributed by atoms with Crippen LogP contribution in [0, 0.1) is 10.5 Å². The van der Waals surface area contributed by atoms with Crippen LogP contribution in [0.3, 0.4) is 0 Å². The maximum absolute atomic E-state index is 12.2. The normalized spacial score (nSPS) is 11.2. The number of nitrogens with one attached hydrogen (secondary N) is 1. The Morgan fingerprint density at radius 3 is 2.67 bits per heavy atom. The van der Waals surface area contributed by atoms with Gasteiger partial charge in [-0.05, 0) is 59.3 Å². The molecule has 0 aromatic heterocycles. The van der Waals surface area contributed by atoms with E-state index >= 15 is 0 Å². The molecule has 2 rings (SSSR count). The number of carbonyl (C=O) groups is 1. The number of nitrogens with two attached hydrogens (primary N) is 1. The summed E-state index contributed by atoms with van der Waals surface area (Å²) in [6.45, 7) is 1.88. The Hall–Kier alpha value is -2.09. The van der Waals surface area contributed by atoms with Gasteiger partial charge in [0.15, 0.2) is 5.84 Å². The lowest BCUT2D eigenvalue weighted by Gasteiger charge is -2.10. The minimum atomic E-state index is -0.201. The van der Waals surface area contributed by atoms with Gasteiger partial charge < -0.3 is 16.3 Å². The maximum atomic E-state index is 12.2. The first-order chi connectivity index (χ1) is 10.0. The molecule has 2 aromatic carbocycles. The third-order valence-corrected chi connectivity index (χ3v) is 3.65. The molecule has 21 heavy (non-hydrogen) atoms. The van der Waals surface area contributed by atoms with Gasteiger partial charge in [-0.1, -0.05) is 23.4 Å². The number of amidine groups is 1. The quantitative estimate of drug-likeness (QED) is 0.246. The van der Waals surface area contributed by atoms with E-state index in [0.29, 0.717) is 16.8 Å². The number of halogens is 1. The molecule has 0 aliphatic carbocycles. The summed E-state index contributed by atoms with van der Waals surface area (Å²) in [6.07, 6.45) is 0. The molecule has 1 amide bonds. The molecule has 0 radical (unpaired) electrons. The van der Waals surface area contributed by atoms with Crippen molar-refractivity contribution in [3.63, 3.8) is 0 Å². The topological polar surface area (TPSA) is 87.7 Å². The number of carbonyl (C=O) groups excluding carboxylic acids is 1. The van der Waals surface area contributed by atoms with Crippen LogP contribution in [0.1, 0.15) is 21.5 Å². The summed E-state index contributed by atoms with van der Waals surface area (Å²) in [5, 5.41) is 14.5. The van der Waals surface area contributed by atoms with Crippen molar-refractivity contribution in [1.82, 2.24) is 0 Å². The molecule has 0 unspecified atom stereocenters. The first-order valence-corrected chi connectivity index (χ1v) is 7.24. The minimum Gasteiger partial charge on any atom is -0.409 e. The highest BCUT2D eigenvalue weighted by molar-refractivity contribution is 14.1. The lowest BCUT2D eigenvalue weighted by molar-refractivity contribution is 0.102. The minimum absolute atomic E-state index is 0.000224. The Morgan fingerprint density at radius 2 is 2.00 bits per heavy atom. The molecular weight excluding hydrogens is 381 g/mol. The van der Waals surface area contributed by atoms with E-state index in [2.05, 4.69) is 33.1 Å². The average Bonchev–Trinajstić information content (AvgIpc) is 2.48. The molecule has 0 atom stereocenters. The van der Waals surface area contributed by atoms with Crippen LogP contribution in [-0.2, 0) is 0 Å². The Morgan fingerprint density at radius 1 is 1.24 bits per heavy atom. The monoisotopic (exact) mass is 395 g/mol. The van der Waals surface area contributed by atoms with Crippen LogP contribution < -0.4 is 11.1 Å². The number of benzene rings is 2. The molecule has 0 saturated heterocycles. The van der Waals surface area contributed by atoms with Gasteiger partial charge in [-0.25, -0.2) is 0 Å². The molecule has 6 heteroatoms. The van der Waals surface area contributed by atoms with E-state index in [0.717, 1.165) is 9.13 Å². The van der Waals surface area contributed by atoms with Gasteiger partial charge in [0.25, 0.3) is 5.91 Å². The first kappa shape index (κ1) is 15.3. The van der Waals surface area contributed by atoms with Crippen molar-refractivity contribution in [3.05, 3.63) is 62.7 Å². The predicted molar refractivity (Wildman–Crippen MR) is 90.8 cm³/mol. The van der Waals surface area contributed by atoms with Gasteiger partial charge in [0.05, 0.1) is 0 Å². The number of anilines is 1. The number of oxime groups is 1. The molecular formula is C15H14IN3O2. The summed E-state index contributed by atoms with van der Waals surface area (Å²) < 4.78 is 0.988. The Kier molecular flexibility index (Phi) is 4.79. The molecule has 0 heterocycles. The largest absolute Gasteiger partial charge is 0.409 e. The number of rotatable bonds is 3. The highest BCUT2D eigenvalue weighted by Gasteiger charge is 2.10. The van der Waals surface area contributed by atoms with E-state index in [9.17, 15) is 4.79 Å². The van der Waals surface area contributed by atoms with Gasteiger partial charge in [-0.2, -0.15) is 0 Å². The van der Waals surface area contributed by atoms with E-state index in [-0.39, 0.29) is 11.7 Å². The number of nitrogens with zero attached hydrogens (tertiary/aromatic N) is 1. The second kappa shape index (κ2) is 6.57. The molecule has 0 fully saturated rings. The summed E-state index contributed by atoms with van der Waals surface area (Å²) in [7, 11) is 0. The molecule has 0 bridgehead atoms.